The standard InChI is InChI=1S/C29H34F7N5O10S/c1-39(21-4-2-20(30)3-5-21)27(44)51-25-22(29(34,35)36)16-19(28(31,32)33)17-23(25)41-8-7-40(26(41)43)9-11-50-52(45,46)38-24(42)18-49-15-14-48-13-12-47-10-6-37/h2-5,16-17H,6-15,18,37H2,1H3,(H,38,42). The number of urea groups is 1. The van der Waals surface area contributed by atoms with Crippen LogP contribution in [0.25, 0.3) is 0 Å². The number of carbonyl (C=O) groups is 3. The number of nitrogens with two attached hydrogens (primary N) is 1. The van der Waals surface area contributed by atoms with Crippen LogP contribution < -0.4 is 25.0 Å². The molecule has 23 heteroatoms. The molecule has 3 rings (SSSR count). The Labute approximate surface area is 292 Å². The fraction of sp³-hybridized carbons (Fsp3) is 0.483. The van der Waals surface area contributed by atoms with Gasteiger partial charge in [-0.1, -0.05) is 0 Å². The van der Waals surface area contributed by atoms with Crippen molar-refractivity contribution in [2.75, 3.05) is 89.3 Å². The molecule has 1 heterocycles. The molecule has 0 unspecified atom stereocenters. The van der Waals surface area contributed by atoms with Crippen LogP contribution in [-0.2, 0) is 45.8 Å². The maximum Gasteiger partial charge on any atom is 0.420 e. The van der Waals surface area contributed by atoms with Gasteiger partial charge in [-0.3, -0.25) is 18.8 Å². The number of ether oxygens (including phenoxy) is 4. The number of halogens is 7. The van der Waals surface area contributed by atoms with Crippen LogP contribution in [0.4, 0.5) is 51.7 Å². The Bertz CT molecular complexity index is 1650. The second-order valence-electron chi connectivity index (χ2n) is 10.6. The highest BCUT2D eigenvalue weighted by atomic mass is 32.2. The molecule has 4 amide bonds. The molecular weight excluding hydrogens is 743 g/mol. The van der Waals surface area contributed by atoms with Crippen LogP contribution in [0.2, 0.25) is 0 Å². The van der Waals surface area contributed by atoms with E-state index in [0.29, 0.717) is 23.0 Å². The molecule has 2 aromatic rings. The summed E-state index contributed by atoms with van der Waals surface area (Å²) in [5, 5.41) is 0. The summed E-state index contributed by atoms with van der Waals surface area (Å²) in [5.41, 5.74) is 0.298. The van der Waals surface area contributed by atoms with Crippen LogP contribution in [0, 0.1) is 5.82 Å². The Morgan fingerprint density at radius 3 is 2.12 bits per heavy atom. The zero-order valence-corrected chi connectivity index (χ0v) is 28.1. The van der Waals surface area contributed by atoms with Gasteiger partial charge in [-0.25, -0.2) is 18.7 Å². The molecule has 52 heavy (non-hydrogen) atoms. The fourth-order valence-electron chi connectivity index (χ4n) is 4.38. The molecule has 0 bridgehead atoms. The van der Waals surface area contributed by atoms with Gasteiger partial charge in [0.25, 0.3) is 5.91 Å². The highest BCUT2D eigenvalue weighted by molar-refractivity contribution is 7.85. The summed E-state index contributed by atoms with van der Waals surface area (Å²) in [5.74, 6) is -3.25. The third kappa shape index (κ3) is 12.4. The molecule has 0 aliphatic carbocycles. The first-order chi connectivity index (χ1) is 24.3. The van der Waals surface area contributed by atoms with Gasteiger partial charge in [0.15, 0.2) is 5.75 Å². The van der Waals surface area contributed by atoms with Crippen molar-refractivity contribution in [2.45, 2.75) is 12.4 Å². The van der Waals surface area contributed by atoms with E-state index in [-0.39, 0.29) is 50.8 Å². The minimum atomic E-state index is -5.52. The molecule has 0 atom stereocenters. The lowest BCUT2D eigenvalue weighted by molar-refractivity contribution is -0.143. The van der Waals surface area contributed by atoms with Gasteiger partial charge in [-0.05, 0) is 36.4 Å². The van der Waals surface area contributed by atoms with Crippen molar-refractivity contribution >= 4 is 39.7 Å². The summed E-state index contributed by atoms with van der Waals surface area (Å²) in [6, 6.07) is 2.75. The number of amides is 4. The molecule has 2 aromatic carbocycles. The minimum absolute atomic E-state index is 0.0543. The summed E-state index contributed by atoms with van der Waals surface area (Å²) in [6.45, 7) is -1.69. The molecule has 1 fully saturated rings. The number of nitrogens with one attached hydrogen (secondary N) is 1. The van der Waals surface area contributed by atoms with Gasteiger partial charge in [0.1, 0.15) is 18.0 Å². The number of nitrogens with zero attached hydrogens (tertiary/aromatic N) is 3. The van der Waals surface area contributed by atoms with Gasteiger partial charge in [0.05, 0.1) is 50.9 Å². The summed E-state index contributed by atoms with van der Waals surface area (Å²) < 4.78 is 148. The monoisotopic (exact) mass is 777 g/mol. The minimum Gasteiger partial charge on any atom is -0.407 e. The predicted molar refractivity (Wildman–Crippen MR) is 166 cm³/mol. The third-order valence-electron chi connectivity index (χ3n) is 6.84. The molecule has 290 valence electrons. The van der Waals surface area contributed by atoms with Crippen molar-refractivity contribution in [3.8, 4) is 5.75 Å². The van der Waals surface area contributed by atoms with E-state index < -0.39 is 95.4 Å². The molecule has 0 spiro atoms. The molecule has 0 aromatic heterocycles. The average Bonchev–Trinajstić information content (AvgIpc) is 3.41. The number of rotatable bonds is 18. The lowest BCUT2D eigenvalue weighted by Crippen LogP contribution is -2.38. The molecular formula is C29H34F7N5O10S. The smallest absolute Gasteiger partial charge is 0.407 e. The van der Waals surface area contributed by atoms with E-state index in [1.54, 1.807) is 4.72 Å². The highest BCUT2D eigenvalue weighted by Gasteiger charge is 2.44. The van der Waals surface area contributed by atoms with Gasteiger partial charge < -0.3 is 29.6 Å². The van der Waals surface area contributed by atoms with Crippen LogP contribution in [0.15, 0.2) is 36.4 Å². The SMILES string of the molecule is CN(C(=O)Oc1c(N2CCN(CCOS(=O)(=O)NC(=O)COCCOCCOCCN)C2=O)cc(C(F)(F)F)cc1C(F)(F)F)c1ccc(F)cc1. The van der Waals surface area contributed by atoms with E-state index in [2.05, 4.69) is 4.18 Å². The van der Waals surface area contributed by atoms with E-state index in [1.165, 1.54) is 0 Å². The Hall–Kier alpha value is -4.29. The maximum atomic E-state index is 14.2. The highest BCUT2D eigenvalue weighted by Crippen LogP contribution is 2.47. The first kappa shape index (κ1) is 42.1. The average molecular weight is 778 g/mol. The first-order valence-electron chi connectivity index (χ1n) is 15.1. The van der Waals surface area contributed by atoms with Crippen molar-refractivity contribution in [1.29, 1.82) is 0 Å². The van der Waals surface area contributed by atoms with Gasteiger partial charge in [0, 0.05) is 38.9 Å². The number of hydrogen-bond donors (Lipinski definition) is 2. The quantitative estimate of drug-likeness (QED) is 0.168. The zero-order valence-electron chi connectivity index (χ0n) is 27.3. The van der Waals surface area contributed by atoms with Gasteiger partial charge in [-0.2, -0.15) is 34.8 Å². The number of carbonyl (C=O) groups excluding carboxylic acids is 3. The second-order valence-corrected chi connectivity index (χ2v) is 11.9. The molecule has 1 saturated heterocycles. The van der Waals surface area contributed by atoms with E-state index >= 15 is 0 Å². The molecule has 0 saturated carbocycles. The summed E-state index contributed by atoms with van der Waals surface area (Å²) in [4.78, 5) is 40.0. The predicted octanol–water partition coefficient (Wildman–Crippen LogP) is 3.13. The van der Waals surface area contributed by atoms with E-state index in [4.69, 9.17) is 24.7 Å². The van der Waals surface area contributed by atoms with Crippen LogP contribution >= 0.6 is 0 Å². The van der Waals surface area contributed by atoms with E-state index in [1.807, 2.05) is 0 Å². The van der Waals surface area contributed by atoms with Crippen molar-refractivity contribution in [3.63, 3.8) is 0 Å². The number of alkyl halides is 6. The zero-order chi connectivity index (χ0) is 38.7. The van der Waals surface area contributed by atoms with E-state index in [0.717, 1.165) is 36.2 Å². The van der Waals surface area contributed by atoms with Crippen molar-refractivity contribution < 1.29 is 76.7 Å². The molecule has 0 radical (unpaired) electrons. The number of benzene rings is 2. The fourth-order valence-corrected chi connectivity index (χ4v) is 5.07. The van der Waals surface area contributed by atoms with Crippen LogP contribution in [0.1, 0.15) is 11.1 Å². The molecule has 1 aliphatic heterocycles. The van der Waals surface area contributed by atoms with Crippen molar-refractivity contribution in [1.82, 2.24) is 9.62 Å². The van der Waals surface area contributed by atoms with Gasteiger partial charge in [-0.15, -0.1) is 0 Å². The van der Waals surface area contributed by atoms with Gasteiger partial charge >= 0.3 is 34.8 Å². The third-order valence-corrected chi connectivity index (χ3v) is 7.80. The van der Waals surface area contributed by atoms with Gasteiger partial charge in [0.2, 0.25) is 0 Å². The first-order valence-corrected chi connectivity index (χ1v) is 16.5. The molecule has 3 N–H and O–H groups in total. The van der Waals surface area contributed by atoms with E-state index in [9.17, 15) is 53.5 Å². The van der Waals surface area contributed by atoms with Crippen LogP contribution in [-0.4, -0.2) is 111 Å². The summed E-state index contributed by atoms with van der Waals surface area (Å²) >= 11 is 0. The van der Waals surface area contributed by atoms with Crippen molar-refractivity contribution in [3.05, 3.63) is 53.3 Å². The lowest BCUT2D eigenvalue weighted by Gasteiger charge is -2.26. The Balaban J connectivity index is 1.68. The molecule has 1 aliphatic rings. The maximum absolute atomic E-state index is 14.2. The molecule has 15 nitrogen and oxygen atoms in total. The Morgan fingerprint density at radius 1 is 0.904 bits per heavy atom. The Kier molecular flexibility index (Phi) is 15.0. The van der Waals surface area contributed by atoms with Crippen molar-refractivity contribution in [2.24, 2.45) is 5.73 Å². The van der Waals surface area contributed by atoms with Crippen LogP contribution in [0.5, 0.6) is 5.75 Å². The largest absolute Gasteiger partial charge is 0.420 e. The second kappa shape index (κ2) is 18.5. The normalized spacial score (nSPS) is 13.8. The number of anilines is 2. The number of hydrogen-bond acceptors (Lipinski definition) is 11. The topological polar surface area (TPSA) is 179 Å². The Morgan fingerprint density at radius 2 is 1.52 bits per heavy atom. The lowest BCUT2D eigenvalue weighted by atomic mass is 10.1. The summed E-state index contributed by atoms with van der Waals surface area (Å²) in [7, 11) is -3.70. The van der Waals surface area contributed by atoms with Crippen LogP contribution in [0.3, 0.4) is 0 Å². The summed E-state index contributed by atoms with van der Waals surface area (Å²) in [6.07, 6.45) is -12.4.